The number of hydrogen-bond acceptors (Lipinski definition) is 2. The monoisotopic (exact) mass is 328 g/mol. The molecule has 104 valence electrons. The van der Waals surface area contributed by atoms with Gasteiger partial charge in [0.05, 0.1) is 11.3 Å². The number of benzene rings is 1. The van der Waals surface area contributed by atoms with E-state index in [0.717, 1.165) is 0 Å². The molecule has 1 aromatic rings. The molecule has 0 bridgehead atoms. The Hall–Kier alpha value is -1.56. The van der Waals surface area contributed by atoms with Gasteiger partial charge in [0.15, 0.2) is 0 Å². The lowest BCUT2D eigenvalue weighted by Crippen LogP contribution is -2.39. The van der Waals surface area contributed by atoms with Crippen LogP contribution < -0.4 is 10.6 Å². The third-order valence-electron chi connectivity index (χ3n) is 2.82. The van der Waals surface area contributed by atoms with Crippen LogP contribution >= 0.6 is 15.9 Å². The summed E-state index contributed by atoms with van der Waals surface area (Å²) >= 11 is 3.20. The normalized spacial score (nSPS) is 12.1. The molecule has 2 amide bonds. The van der Waals surface area contributed by atoms with Crippen LogP contribution in [0.1, 0.15) is 31.1 Å². The smallest absolute Gasteiger partial charge is 0.337 e. The van der Waals surface area contributed by atoms with Crippen molar-refractivity contribution >= 4 is 33.6 Å². The first-order chi connectivity index (χ1) is 8.81. The van der Waals surface area contributed by atoms with Crippen LogP contribution in [0.3, 0.4) is 0 Å². The van der Waals surface area contributed by atoms with E-state index in [0.29, 0.717) is 10.4 Å². The molecule has 0 aliphatic heterocycles. The van der Waals surface area contributed by atoms with E-state index in [-0.39, 0.29) is 17.3 Å². The molecule has 0 saturated heterocycles. The molecule has 1 atom stereocenters. The van der Waals surface area contributed by atoms with Crippen molar-refractivity contribution in [1.82, 2.24) is 5.32 Å². The summed E-state index contributed by atoms with van der Waals surface area (Å²) in [5.74, 6) is -0.789. The number of anilines is 1. The van der Waals surface area contributed by atoms with E-state index in [4.69, 9.17) is 5.11 Å². The molecule has 0 fully saturated rings. The van der Waals surface area contributed by atoms with Crippen LogP contribution in [0, 0.1) is 5.92 Å². The van der Waals surface area contributed by atoms with Crippen molar-refractivity contribution < 1.29 is 14.7 Å². The minimum atomic E-state index is -1.09. The summed E-state index contributed by atoms with van der Waals surface area (Å²) in [4.78, 5) is 22.9. The molecule has 0 saturated carbocycles. The molecular weight excluding hydrogens is 312 g/mol. The van der Waals surface area contributed by atoms with E-state index in [1.54, 1.807) is 12.1 Å². The van der Waals surface area contributed by atoms with Crippen molar-refractivity contribution in [2.75, 3.05) is 5.32 Å². The molecule has 0 aliphatic rings. The van der Waals surface area contributed by atoms with Gasteiger partial charge in [0.1, 0.15) is 0 Å². The van der Waals surface area contributed by atoms with Gasteiger partial charge in [0, 0.05) is 10.5 Å². The van der Waals surface area contributed by atoms with Crippen LogP contribution in [0.15, 0.2) is 22.7 Å². The number of carboxylic acid groups (broad SMARTS) is 1. The Kier molecular flexibility index (Phi) is 5.35. The summed E-state index contributed by atoms with van der Waals surface area (Å²) in [5.41, 5.74) is 0.311. The van der Waals surface area contributed by atoms with Gasteiger partial charge in [-0.1, -0.05) is 29.8 Å². The molecule has 1 unspecified atom stereocenters. The van der Waals surface area contributed by atoms with Gasteiger partial charge in [-0.05, 0) is 31.0 Å². The molecule has 19 heavy (non-hydrogen) atoms. The first kappa shape index (κ1) is 15.5. The molecule has 1 aromatic carbocycles. The lowest BCUT2D eigenvalue weighted by atomic mass is 10.1. The van der Waals surface area contributed by atoms with Crippen LogP contribution in [-0.4, -0.2) is 23.1 Å². The van der Waals surface area contributed by atoms with Crippen molar-refractivity contribution in [2.24, 2.45) is 5.92 Å². The quantitative estimate of drug-likeness (QED) is 0.793. The van der Waals surface area contributed by atoms with Crippen LogP contribution in [0.25, 0.3) is 0 Å². The Morgan fingerprint density at radius 2 is 1.89 bits per heavy atom. The fraction of sp³-hybridized carbons (Fsp3) is 0.385. The molecule has 5 nitrogen and oxygen atoms in total. The number of carboxylic acids is 1. The van der Waals surface area contributed by atoms with Crippen molar-refractivity contribution in [2.45, 2.75) is 26.8 Å². The highest BCUT2D eigenvalue weighted by atomic mass is 79.9. The summed E-state index contributed by atoms with van der Waals surface area (Å²) in [6.45, 7) is 5.88. The second kappa shape index (κ2) is 6.56. The fourth-order valence-electron chi connectivity index (χ4n) is 1.33. The third-order valence-corrected chi connectivity index (χ3v) is 3.31. The number of hydrogen-bond donors (Lipinski definition) is 3. The summed E-state index contributed by atoms with van der Waals surface area (Å²) in [6, 6.07) is 4.26. The van der Waals surface area contributed by atoms with E-state index in [9.17, 15) is 9.59 Å². The summed E-state index contributed by atoms with van der Waals surface area (Å²) in [5, 5.41) is 14.4. The first-order valence-corrected chi connectivity index (χ1v) is 6.71. The van der Waals surface area contributed by atoms with Crippen molar-refractivity contribution in [3.8, 4) is 0 Å². The van der Waals surface area contributed by atoms with Crippen LogP contribution in [-0.2, 0) is 0 Å². The number of carbonyl (C=O) groups excluding carboxylic acids is 1. The highest BCUT2D eigenvalue weighted by molar-refractivity contribution is 9.10. The van der Waals surface area contributed by atoms with Gasteiger partial charge in [0.25, 0.3) is 0 Å². The van der Waals surface area contributed by atoms with Gasteiger partial charge in [-0.25, -0.2) is 9.59 Å². The van der Waals surface area contributed by atoms with Gasteiger partial charge in [-0.15, -0.1) is 0 Å². The standard InChI is InChI=1S/C13H17BrN2O3/c1-7(2)8(3)15-13(19)16-11-5-4-9(14)6-10(11)12(17)18/h4-8H,1-3H3,(H,17,18)(H2,15,16,19). The largest absolute Gasteiger partial charge is 0.478 e. The first-order valence-electron chi connectivity index (χ1n) is 5.91. The second-order valence-electron chi connectivity index (χ2n) is 4.63. The lowest BCUT2D eigenvalue weighted by molar-refractivity contribution is 0.0698. The summed E-state index contributed by atoms with van der Waals surface area (Å²) in [7, 11) is 0. The maximum atomic E-state index is 11.8. The molecule has 0 aromatic heterocycles. The number of nitrogens with one attached hydrogen (secondary N) is 2. The SMILES string of the molecule is CC(C)C(C)NC(=O)Nc1ccc(Br)cc1C(=O)O. The Labute approximate surface area is 120 Å². The highest BCUT2D eigenvalue weighted by Gasteiger charge is 2.15. The topological polar surface area (TPSA) is 78.4 Å². The van der Waals surface area contributed by atoms with Crippen molar-refractivity contribution in [3.63, 3.8) is 0 Å². The number of rotatable bonds is 4. The van der Waals surface area contributed by atoms with E-state index in [1.807, 2.05) is 20.8 Å². The molecule has 6 heteroatoms. The Morgan fingerprint density at radius 3 is 2.42 bits per heavy atom. The number of halogens is 1. The molecule has 0 radical (unpaired) electrons. The molecule has 0 heterocycles. The molecule has 0 spiro atoms. The van der Waals surface area contributed by atoms with Gasteiger partial charge < -0.3 is 15.7 Å². The Morgan fingerprint density at radius 1 is 1.26 bits per heavy atom. The number of urea groups is 1. The number of carbonyl (C=O) groups is 2. The van der Waals surface area contributed by atoms with Crippen LogP contribution in [0.5, 0.6) is 0 Å². The van der Waals surface area contributed by atoms with Crippen molar-refractivity contribution in [1.29, 1.82) is 0 Å². The third kappa shape index (κ3) is 4.55. The van der Waals surface area contributed by atoms with Gasteiger partial charge in [-0.3, -0.25) is 0 Å². The Balaban J connectivity index is 2.82. The van der Waals surface area contributed by atoms with Crippen molar-refractivity contribution in [3.05, 3.63) is 28.2 Å². The molecular formula is C13H17BrN2O3. The van der Waals surface area contributed by atoms with Gasteiger partial charge in [-0.2, -0.15) is 0 Å². The predicted octanol–water partition coefficient (Wildman–Crippen LogP) is 3.31. The average molecular weight is 329 g/mol. The maximum absolute atomic E-state index is 11.8. The van der Waals surface area contributed by atoms with E-state index in [2.05, 4.69) is 26.6 Å². The lowest BCUT2D eigenvalue weighted by Gasteiger charge is -2.18. The van der Waals surface area contributed by atoms with Crippen LogP contribution in [0.4, 0.5) is 10.5 Å². The molecule has 3 N–H and O–H groups in total. The predicted molar refractivity (Wildman–Crippen MR) is 77.6 cm³/mol. The average Bonchev–Trinajstić information content (AvgIpc) is 2.30. The zero-order valence-electron chi connectivity index (χ0n) is 11.0. The minimum Gasteiger partial charge on any atom is -0.478 e. The summed E-state index contributed by atoms with van der Waals surface area (Å²) in [6.07, 6.45) is 0. The van der Waals surface area contributed by atoms with Gasteiger partial charge >= 0.3 is 12.0 Å². The maximum Gasteiger partial charge on any atom is 0.337 e. The van der Waals surface area contributed by atoms with Gasteiger partial charge in [0.2, 0.25) is 0 Å². The number of aromatic carboxylic acids is 1. The zero-order valence-corrected chi connectivity index (χ0v) is 12.6. The second-order valence-corrected chi connectivity index (χ2v) is 5.54. The number of amides is 2. The zero-order chi connectivity index (χ0) is 14.6. The Bertz CT molecular complexity index is 489. The molecule has 1 rings (SSSR count). The van der Waals surface area contributed by atoms with Crippen LogP contribution in [0.2, 0.25) is 0 Å². The fourth-order valence-corrected chi connectivity index (χ4v) is 1.70. The van der Waals surface area contributed by atoms with E-state index >= 15 is 0 Å². The highest BCUT2D eigenvalue weighted by Crippen LogP contribution is 2.21. The van der Waals surface area contributed by atoms with E-state index in [1.165, 1.54) is 6.07 Å². The molecule has 0 aliphatic carbocycles. The van der Waals surface area contributed by atoms with E-state index < -0.39 is 12.0 Å². The summed E-state index contributed by atoms with van der Waals surface area (Å²) < 4.78 is 0.645. The minimum absolute atomic E-state index is 0.00345.